The third kappa shape index (κ3) is 4.12. The largest absolute Gasteiger partial charge is 0.480 e. The summed E-state index contributed by atoms with van der Waals surface area (Å²) < 4.78 is 0. The molecule has 0 bridgehead atoms. The van der Waals surface area contributed by atoms with Crippen LogP contribution in [0.15, 0.2) is 0 Å². The number of likely N-dealkylation sites (tertiary alicyclic amines) is 1. The highest BCUT2D eigenvalue weighted by Gasteiger charge is 2.47. The van der Waals surface area contributed by atoms with Crippen LogP contribution in [-0.2, 0) is 4.79 Å². The van der Waals surface area contributed by atoms with E-state index in [0.29, 0.717) is 6.42 Å². The average molecular weight is 276 g/mol. The number of carboxylic acid groups (broad SMARTS) is 1. The summed E-state index contributed by atoms with van der Waals surface area (Å²) in [5.74, 6) is -1.04. The normalized spacial score (nSPS) is 33.5. The van der Waals surface area contributed by atoms with Crippen molar-refractivity contribution >= 4 is 5.97 Å². The van der Waals surface area contributed by atoms with Crippen LogP contribution in [0.3, 0.4) is 0 Å². The van der Waals surface area contributed by atoms with Crippen molar-refractivity contribution in [3.8, 4) is 0 Å². The predicted octanol–water partition coefficient (Wildman–Crippen LogP) is -1.64. The molecule has 0 aromatic rings. The van der Waals surface area contributed by atoms with E-state index in [9.17, 15) is 20.1 Å². The SMILES string of the molecule is CC(N)CCC[C@@H]1[C@@H](O)[C@H](O)[C@@H](CO)N1CC(=O)O. The van der Waals surface area contributed by atoms with Crippen molar-refractivity contribution < 1.29 is 25.2 Å². The molecule has 0 aromatic heterocycles. The van der Waals surface area contributed by atoms with Crippen LogP contribution in [0.25, 0.3) is 0 Å². The Hall–Kier alpha value is -0.730. The first-order valence-corrected chi connectivity index (χ1v) is 6.58. The lowest BCUT2D eigenvalue weighted by Crippen LogP contribution is -2.44. The van der Waals surface area contributed by atoms with Crippen molar-refractivity contribution in [3.05, 3.63) is 0 Å². The fourth-order valence-electron chi connectivity index (χ4n) is 2.68. The molecule has 1 heterocycles. The van der Waals surface area contributed by atoms with E-state index >= 15 is 0 Å². The fourth-order valence-corrected chi connectivity index (χ4v) is 2.68. The van der Waals surface area contributed by atoms with Gasteiger partial charge in [0.15, 0.2) is 0 Å². The van der Waals surface area contributed by atoms with Crippen LogP contribution in [0.5, 0.6) is 0 Å². The van der Waals surface area contributed by atoms with Gasteiger partial charge >= 0.3 is 5.97 Å². The van der Waals surface area contributed by atoms with Crippen molar-refractivity contribution in [2.24, 2.45) is 5.73 Å². The van der Waals surface area contributed by atoms with E-state index in [2.05, 4.69) is 0 Å². The standard InChI is InChI=1S/C12H24N2O5/c1-7(13)3-2-4-8-11(18)12(19)9(6-15)14(8)5-10(16)17/h7-9,11-12,15,18-19H,2-6,13H2,1H3,(H,16,17)/t7?,8-,9-,11-,12-/m1/s1. The maximum absolute atomic E-state index is 10.9. The van der Waals surface area contributed by atoms with Crippen molar-refractivity contribution in [2.45, 2.75) is 56.5 Å². The van der Waals surface area contributed by atoms with E-state index < -0.39 is 30.3 Å². The second-order valence-corrected chi connectivity index (χ2v) is 5.27. The van der Waals surface area contributed by atoms with E-state index in [0.717, 1.165) is 12.8 Å². The van der Waals surface area contributed by atoms with Gasteiger partial charge in [0.1, 0.15) is 0 Å². The van der Waals surface area contributed by atoms with Gasteiger partial charge in [-0.3, -0.25) is 9.69 Å². The smallest absolute Gasteiger partial charge is 0.317 e. The second-order valence-electron chi connectivity index (χ2n) is 5.27. The van der Waals surface area contributed by atoms with Crippen molar-refractivity contribution in [1.82, 2.24) is 4.90 Å². The average Bonchev–Trinajstić information content (AvgIpc) is 2.52. The summed E-state index contributed by atoms with van der Waals surface area (Å²) in [6.45, 7) is 1.20. The molecule has 5 atom stereocenters. The van der Waals surface area contributed by atoms with E-state index in [1.807, 2.05) is 6.92 Å². The summed E-state index contributed by atoms with van der Waals surface area (Å²) in [7, 11) is 0. The minimum absolute atomic E-state index is 0.0463. The molecule has 0 aromatic carbocycles. The molecule has 0 amide bonds. The molecule has 7 nitrogen and oxygen atoms in total. The zero-order valence-corrected chi connectivity index (χ0v) is 11.1. The Morgan fingerprint density at radius 3 is 2.37 bits per heavy atom. The van der Waals surface area contributed by atoms with E-state index in [4.69, 9.17) is 10.8 Å². The molecule has 0 radical (unpaired) electrons. The van der Waals surface area contributed by atoms with Gasteiger partial charge in [-0.2, -0.15) is 0 Å². The van der Waals surface area contributed by atoms with E-state index in [-0.39, 0.29) is 19.2 Å². The van der Waals surface area contributed by atoms with Gasteiger partial charge in [-0.25, -0.2) is 0 Å². The fraction of sp³-hybridized carbons (Fsp3) is 0.917. The van der Waals surface area contributed by atoms with Gasteiger partial charge in [0.05, 0.1) is 31.4 Å². The lowest BCUT2D eigenvalue weighted by Gasteiger charge is -2.28. The summed E-state index contributed by atoms with van der Waals surface area (Å²) in [5, 5.41) is 38.0. The highest BCUT2D eigenvalue weighted by atomic mass is 16.4. The first-order valence-electron chi connectivity index (χ1n) is 6.58. The summed E-state index contributed by atoms with van der Waals surface area (Å²) >= 11 is 0. The first kappa shape index (κ1) is 16.3. The quantitative estimate of drug-likeness (QED) is 0.377. The Balaban J connectivity index is 2.69. The number of nitrogens with two attached hydrogens (primary N) is 1. The highest BCUT2D eigenvalue weighted by Crippen LogP contribution is 2.28. The molecule has 19 heavy (non-hydrogen) atoms. The van der Waals surface area contributed by atoms with Crippen molar-refractivity contribution in [2.75, 3.05) is 13.2 Å². The first-order chi connectivity index (χ1) is 8.88. The van der Waals surface area contributed by atoms with Crippen LogP contribution in [0.4, 0.5) is 0 Å². The van der Waals surface area contributed by atoms with Gasteiger partial charge < -0.3 is 26.2 Å². The Morgan fingerprint density at radius 2 is 1.89 bits per heavy atom. The molecule has 1 unspecified atom stereocenters. The van der Waals surface area contributed by atoms with Crippen molar-refractivity contribution in [3.63, 3.8) is 0 Å². The molecule has 1 rings (SSSR count). The molecule has 0 saturated carbocycles. The number of hydrogen-bond donors (Lipinski definition) is 5. The van der Waals surface area contributed by atoms with Crippen LogP contribution in [0.1, 0.15) is 26.2 Å². The van der Waals surface area contributed by atoms with Gasteiger partial charge in [-0.15, -0.1) is 0 Å². The Kier molecular flexibility index (Phi) is 6.15. The van der Waals surface area contributed by atoms with Gasteiger partial charge in [-0.1, -0.05) is 6.42 Å². The lowest BCUT2D eigenvalue weighted by molar-refractivity contribution is -0.139. The third-order valence-electron chi connectivity index (χ3n) is 3.65. The van der Waals surface area contributed by atoms with Crippen LogP contribution < -0.4 is 5.73 Å². The van der Waals surface area contributed by atoms with E-state index in [1.165, 1.54) is 4.90 Å². The van der Waals surface area contributed by atoms with Gasteiger partial charge in [0.25, 0.3) is 0 Å². The van der Waals surface area contributed by atoms with Crippen LogP contribution in [0.2, 0.25) is 0 Å². The maximum Gasteiger partial charge on any atom is 0.317 e. The third-order valence-corrected chi connectivity index (χ3v) is 3.65. The lowest BCUT2D eigenvalue weighted by atomic mass is 10.0. The minimum Gasteiger partial charge on any atom is -0.480 e. The van der Waals surface area contributed by atoms with Crippen LogP contribution in [0, 0.1) is 0 Å². The van der Waals surface area contributed by atoms with Gasteiger partial charge in [-0.05, 0) is 19.8 Å². The molecule has 0 spiro atoms. The van der Waals surface area contributed by atoms with E-state index in [1.54, 1.807) is 0 Å². The summed E-state index contributed by atoms with van der Waals surface area (Å²) in [5.41, 5.74) is 5.65. The number of nitrogens with zero attached hydrogens (tertiary/aromatic N) is 1. The number of carbonyl (C=O) groups is 1. The molecule has 6 N–H and O–H groups in total. The predicted molar refractivity (Wildman–Crippen MR) is 68.5 cm³/mol. The number of hydrogen-bond acceptors (Lipinski definition) is 6. The molecule has 1 aliphatic rings. The molecule has 1 saturated heterocycles. The minimum atomic E-state index is -1.12. The zero-order chi connectivity index (χ0) is 14.6. The van der Waals surface area contributed by atoms with Crippen molar-refractivity contribution in [1.29, 1.82) is 0 Å². The summed E-state index contributed by atoms with van der Waals surface area (Å²) in [4.78, 5) is 12.3. The monoisotopic (exact) mass is 276 g/mol. The molecular weight excluding hydrogens is 252 g/mol. The Labute approximate surface area is 112 Å². The zero-order valence-electron chi connectivity index (χ0n) is 11.1. The number of aliphatic hydroxyl groups is 3. The number of carboxylic acids is 1. The molecule has 0 aliphatic carbocycles. The molecule has 1 aliphatic heterocycles. The molecule has 1 fully saturated rings. The van der Waals surface area contributed by atoms with Crippen LogP contribution in [-0.4, -0.2) is 74.8 Å². The number of aliphatic carboxylic acids is 1. The molecule has 112 valence electrons. The summed E-state index contributed by atoms with van der Waals surface area (Å²) in [6.07, 6.45) is -0.109. The molecule has 7 heteroatoms. The van der Waals surface area contributed by atoms with Gasteiger partial charge in [0.2, 0.25) is 0 Å². The topological polar surface area (TPSA) is 127 Å². The van der Waals surface area contributed by atoms with Crippen LogP contribution >= 0.6 is 0 Å². The number of aliphatic hydroxyl groups excluding tert-OH is 3. The number of rotatable bonds is 7. The van der Waals surface area contributed by atoms with Gasteiger partial charge in [0, 0.05) is 12.1 Å². The summed E-state index contributed by atoms with van der Waals surface area (Å²) in [6, 6.07) is -1.14. The highest BCUT2D eigenvalue weighted by molar-refractivity contribution is 5.69. The second kappa shape index (κ2) is 7.16. The molecular formula is C12H24N2O5. The maximum atomic E-state index is 10.9. The Bertz CT molecular complexity index is 300. The Morgan fingerprint density at radius 1 is 1.32 bits per heavy atom.